The average molecular weight is 378 g/mol. The molecule has 1 N–H and O–H groups in total. The van der Waals surface area contributed by atoms with Crippen molar-refractivity contribution in [3.8, 4) is 0 Å². The molecule has 0 saturated heterocycles. The minimum atomic E-state index is -0.854. The summed E-state index contributed by atoms with van der Waals surface area (Å²) in [5.74, 6) is -1.16. The summed E-state index contributed by atoms with van der Waals surface area (Å²) in [7, 11) is 0. The second-order valence-corrected chi connectivity index (χ2v) is 6.94. The van der Waals surface area contributed by atoms with Crippen LogP contribution in [0.25, 0.3) is 10.9 Å². The van der Waals surface area contributed by atoms with Crippen molar-refractivity contribution >= 4 is 40.2 Å². The van der Waals surface area contributed by atoms with Gasteiger partial charge in [-0.1, -0.05) is 29.8 Å². The van der Waals surface area contributed by atoms with Crippen LogP contribution in [-0.4, -0.2) is 21.9 Å². The topological polar surface area (TPSA) is 42.2 Å². The monoisotopic (exact) mass is 377 g/mol. The number of carbonyl (C=O) groups is 1. The predicted octanol–water partition coefficient (Wildman–Crippen LogP) is 5.22. The molecule has 0 radical (unpaired) electrons. The lowest BCUT2D eigenvalue weighted by Crippen LogP contribution is -2.08. The molecule has 0 atom stereocenters. The van der Waals surface area contributed by atoms with Gasteiger partial charge in [0.05, 0.1) is 6.42 Å². The largest absolute Gasteiger partial charge is 0.481 e. The Morgan fingerprint density at radius 1 is 1.28 bits per heavy atom. The van der Waals surface area contributed by atoms with E-state index in [1.165, 1.54) is 23.9 Å². The Bertz CT molecular complexity index is 939. The molecule has 1 aromatic heterocycles. The molecular formula is C19H17ClFNO2S. The van der Waals surface area contributed by atoms with Crippen LogP contribution in [0.3, 0.4) is 0 Å². The van der Waals surface area contributed by atoms with Gasteiger partial charge in [0.1, 0.15) is 5.82 Å². The number of hydrogen-bond acceptors (Lipinski definition) is 2. The van der Waals surface area contributed by atoms with E-state index in [1.807, 2.05) is 35.1 Å². The van der Waals surface area contributed by atoms with Crippen LogP contribution >= 0.6 is 23.4 Å². The molecule has 0 aliphatic rings. The molecule has 0 amide bonds. The molecule has 6 heteroatoms. The first-order valence-electron chi connectivity index (χ1n) is 7.81. The van der Waals surface area contributed by atoms with Gasteiger partial charge in [-0.3, -0.25) is 4.79 Å². The first-order valence-corrected chi connectivity index (χ1v) is 9.41. The van der Waals surface area contributed by atoms with Crippen LogP contribution < -0.4 is 0 Å². The normalized spacial score (nSPS) is 11.2. The van der Waals surface area contributed by atoms with Crippen molar-refractivity contribution in [1.82, 2.24) is 4.57 Å². The number of aromatic nitrogens is 1. The van der Waals surface area contributed by atoms with Gasteiger partial charge in [0.2, 0.25) is 0 Å². The lowest BCUT2D eigenvalue weighted by Gasteiger charge is -2.12. The van der Waals surface area contributed by atoms with Gasteiger partial charge in [-0.15, -0.1) is 11.8 Å². The standard InChI is InChI=1S/C19H17ClFNO2S/c1-25-19-14-10-13(21)6-7-16(14)22(17(19)8-9-18(23)24)11-12-4-2-3-5-15(12)20/h2-7,10H,8-9,11H2,1H3,(H,23,24). The minimum absolute atomic E-state index is 0.0227. The molecule has 0 aliphatic carbocycles. The van der Waals surface area contributed by atoms with Crippen molar-refractivity contribution in [2.75, 3.05) is 6.26 Å². The second-order valence-electron chi connectivity index (χ2n) is 5.71. The summed E-state index contributed by atoms with van der Waals surface area (Å²) in [5, 5.41) is 10.5. The first-order chi connectivity index (χ1) is 12.0. The van der Waals surface area contributed by atoms with Crippen LogP contribution in [0.5, 0.6) is 0 Å². The minimum Gasteiger partial charge on any atom is -0.481 e. The molecule has 2 aromatic carbocycles. The molecule has 0 saturated carbocycles. The molecule has 3 nitrogen and oxygen atoms in total. The quantitative estimate of drug-likeness (QED) is 0.599. The number of rotatable bonds is 6. The van der Waals surface area contributed by atoms with Crippen molar-refractivity contribution in [2.45, 2.75) is 24.3 Å². The maximum atomic E-state index is 13.8. The van der Waals surface area contributed by atoms with Crippen LogP contribution in [0.1, 0.15) is 17.7 Å². The zero-order valence-corrected chi connectivity index (χ0v) is 15.2. The number of carboxylic acids is 1. The molecule has 1 heterocycles. The zero-order chi connectivity index (χ0) is 18.0. The van der Waals surface area contributed by atoms with Crippen molar-refractivity contribution in [1.29, 1.82) is 0 Å². The summed E-state index contributed by atoms with van der Waals surface area (Å²) in [6.07, 6.45) is 2.32. The Hall–Kier alpha value is -1.98. The van der Waals surface area contributed by atoms with Gasteiger partial charge in [0, 0.05) is 33.1 Å². The highest BCUT2D eigenvalue weighted by Crippen LogP contribution is 2.35. The molecule has 3 aromatic rings. The third-order valence-electron chi connectivity index (χ3n) is 4.15. The van der Waals surface area contributed by atoms with Crippen LogP contribution in [-0.2, 0) is 17.8 Å². The maximum Gasteiger partial charge on any atom is 0.303 e. The highest BCUT2D eigenvalue weighted by atomic mass is 35.5. The average Bonchev–Trinajstić information content (AvgIpc) is 2.87. The third kappa shape index (κ3) is 3.67. The molecular weight excluding hydrogens is 361 g/mol. The summed E-state index contributed by atoms with van der Waals surface area (Å²) < 4.78 is 15.8. The fourth-order valence-electron chi connectivity index (χ4n) is 3.03. The van der Waals surface area contributed by atoms with E-state index in [9.17, 15) is 9.18 Å². The van der Waals surface area contributed by atoms with Gasteiger partial charge < -0.3 is 9.67 Å². The van der Waals surface area contributed by atoms with E-state index in [2.05, 4.69) is 0 Å². The Kier molecular flexibility index (Phi) is 5.35. The second kappa shape index (κ2) is 7.50. The van der Waals surface area contributed by atoms with Crippen LogP contribution in [0, 0.1) is 5.82 Å². The lowest BCUT2D eigenvalue weighted by molar-refractivity contribution is -0.137. The van der Waals surface area contributed by atoms with E-state index in [0.717, 1.165) is 27.1 Å². The Labute approximate surface area is 154 Å². The molecule has 0 spiro atoms. The van der Waals surface area contributed by atoms with E-state index in [4.69, 9.17) is 16.7 Å². The number of halogens is 2. The molecule has 0 fully saturated rings. The number of benzene rings is 2. The molecule has 0 unspecified atom stereocenters. The van der Waals surface area contributed by atoms with E-state index in [-0.39, 0.29) is 12.2 Å². The Balaban J connectivity index is 2.18. The van der Waals surface area contributed by atoms with Gasteiger partial charge in [0.15, 0.2) is 0 Å². The fraction of sp³-hybridized carbons (Fsp3) is 0.211. The van der Waals surface area contributed by atoms with Gasteiger partial charge >= 0.3 is 5.97 Å². The van der Waals surface area contributed by atoms with Crippen molar-refractivity contribution in [3.63, 3.8) is 0 Å². The van der Waals surface area contributed by atoms with Gasteiger partial charge in [0.25, 0.3) is 0 Å². The van der Waals surface area contributed by atoms with Gasteiger partial charge in [-0.05, 0) is 42.5 Å². The molecule has 25 heavy (non-hydrogen) atoms. The molecule has 130 valence electrons. The number of aliphatic carboxylic acids is 1. The summed E-state index contributed by atoms with van der Waals surface area (Å²) in [6.45, 7) is 0.511. The Morgan fingerprint density at radius 2 is 2.04 bits per heavy atom. The fourth-order valence-corrected chi connectivity index (χ4v) is 4.05. The molecule has 0 bridgehead atoms. The number of carboxylic acid groups (broad SMARTS) is 1. The summed E-state index contributed by atoms with van der Waals surface area (Å²) in [5.41, 5.74) is 2.72. The van der Waals surface area contributed by atoms with E-state index < -0.39 is 5.97 Å². The summed E-state index contributed by atoms with van der Waals surface area (Å²) in [4.78, 5) is 12.0. The number of nitrogens with zero attached hydrogens (tertiary/aromatic N) is 1. The number of fused-ring (bicyclic) bond motifs is 1. The zero-order valence-electron chi connectivity index (χ0n) is 13.6. The van der Waals surface area contributed by atoms with E-state index in [0.29, 0.717) is 18.0 Å². The van der Waals surface area contributed by atoms with Crippen molar-refractivity contribution in [3.05, 3.63) is 64.6 Å². The smallest absolute Gasteiger partial charge is 0.303 e. The van der Waals surface area contributed by atoms with Gasteiger partial charge in [-0.2, -0.15) is 0 Å². The lowest BCUT2D eigenvalue weighted by atomic mass is 10.2. The van der Waals surface area contributed by atoms with Crippen LogP contribution in [0.4, 0.5) is 4.39 Å². The third-order valence-corrected chi connectivity index (χ3v) is 5.38. The van der Waals surface area contributed by atoms with E-state index >= 15 is 0 Å². The predicted molar refractivity (Wildman–Crippen MR) is 100 cm³/mol. The van der Waals surface area contributed by atoms with Gasteiger partial charge in [-0.25, -0.2) is 4.39 Å². The molecule has 3 rings (SSSR count). The highest BCUT2D eigenvalue weighted by Gasteiger charge is 2.18. The summed E-state index contributed by atoms with van der Waals surface area (Å²) >= 11 is 7.81. The van der Waals surface area contributed by atoms with Crippen molar-refractivity contribution in [2.24, 2.45) is 0 Å². The number of hydrogen-bond donors (Lipinski definition) is 1. The number of thioether (sulfide) groups is 1. The van der Waals surface area contributed by atoms with E-state index in [1.54, 1.807) is 6.07 Å². The highest BCUT2D eigenvalue weighted by molar-refractivity contribution is 7.98. The van der Waals surface area contributed by atoms with Crippen molar-refractivity contribution < 1.29 is 14.3 Å². The van der Waals surface area contributed by atoms with Crippen LogP contribution in [0.15, 0.2) is 47.4 Å². The Morgan fingerprint density at radius 3 is 2.72 bits per heavy atom. The molecule has 0 aliphatic heterocycles. The SMILES string of the molecule is CSc1c(CCC(=O)O)n(Cc2ccccc2Cl)c2ccc(F)cc12. The maximum absolute atomic E-state index is 13.8. The van der Waals surface area contributed by atoms with Crippen LogP contribution in [0.2, 0.25) is 5.02 Å². The summed E-state index contributed by atoms with van der Waals surface area (Å²) in [6, 6.07) is 12.2. The first kappa shape index (κ1) is 17.8.